The van der Waals surface area contributed by atoms with Gasteiger partial charge in [0.15, 0.2) is 0 Å². The number of carbonyl (C=O) groups excluding carboxylic acids is 4. The predicted molar refractivity (Wildman–Crippen MR) is 113 cm³/mol. The van der Waals surface area contributed by atoms with E-state index in [1.165, 1.54) is 24.0 Å². The second kappa shape index (κ2) is 10.5. The van der Waals surface area contributed by atoms with Gasteiger partial charge in [0.25, 0.3) is 5.91 Å². The number of carbonyl (C=O) groups is 5. The highest BCUT2D eigenvalue weighted by atomic mass is 35.5. The number of nitrogen functional groups attached to an aromatic ring is 1. The molecule has 1 heterocycles. The first-order valence-corrected chi connectivity index (χ1v) is 10.1. The number of nitrogens with one attached hydrogen (secondary N) is 2. The number of aldehydes is 1. The number of carboxylic acids is 1. The van der Waals surface area contributed by atoms with Crippen molar-refractivity contribution in [1.29, 1.82) is 0 Å². The molecule has 3 amide bonds. The van der Waals surface area contributed by atoms with Crippen LogP contribution < -0.4 is 16.4 Å². The van der Waals surface area contributed by atoms with Crippen LogP contribution in [-0.2, 0) is 19.2 Å². The first-order chi connectivity index (χ1) is 14.5. The number of nitrogens with zero attached hydrogens (tertiary/aromatic N) is 1. The lowest BCUT2D eigenvalue weighted by Crippen LogP contribution is -2.54. The molecule has 0 radical (unpaired) electrons. The molecule has 1 aliphatic heterocycles. The van der Waals surface area contributed by atoms with E-state index in [1.807, 2.05) is 0 Å². The maximum atomic E-state index is 12.8. The zero-order valence-corrected chi connectivity index (χ0v) is 18.1. The molecule has 10 nitrogen and oxygen atoms in total. The van der Waals surface area contributed by atoms with E-state index in [-0.39, 0.29) is 27.8 Å². The van der Waals surface area contributed by atoms with E-state index in [9.17, 15) is 24.0 Å². The average Bonchev–Trinajstić information content (AvgIpc) is 3.19. The van der Waals surface area contributed by atoms with Gasteiger partial charge in [0.05, 0.1) is 28.2 Å². The molecule has 2 rings (SSSR count). The predicted octanol–water partition coefficient (Wildman–Crippen LogP) is 0.843. The van der Waals surface area contributed by atoms with Crippen molar-refractivity contribution in [3.8, 4) is 0 Å². The fourth-order valence-corrected chi connectivity index (χ4v) is 3.70. The molecule has 0 aliphatic carbocycles. The Balaban J connectivity index is 2.05. The summed E-state index contributed by atoms with van der Waals surface area (Å²) < 4.78 is 0. The molecule has 1 aromatic carbocycles. The molecule has 0 bridgehead atoms. The quantitative estimate of drug-likeness (QED) is 0.322. The summed E-state index contributed by atoms with van der Waals surface area (Å²) in [7, 11) is 0. The number of halogens is 2. The third kappa shape index (κ3) is 6.08. The Morgan fingerprint density at radius 2 is 1.87 bits per heavy atom. The number of carboxylic acid groups (broad SMARTS) is 1. The summed E-state index contributed by atoms with van der Waals surface area (Å²) in [4.78, 5) is 60.9. The van der Waals surface area contributed by atoms with E-state index in [2.05, 4.69) is 10.6 Å². The van der Waals surface area contributed by atoms with E-state index in [4.69, 9.17) is 34.0 Å². The Labute approximate surface area is 188 Å². The molecule has 3 atom stereocenters. The Bertz CT molecular complexity index is 886. The minimum absolute atomic E-state index is 0.0963. The van der Waals surface area contributed by atoms with Gasteiger partial charge in [-0.25, -0.2) is 0 Å². The van der Waals surface area contributed by atoms with Gasteiger partial charge in [0.2, 0.25) is 11.8 Å². The van der Waals surface area contributed by atoms with Crippen molar-refractivity contribution in [1.82, 2.24) is 15.5 Å². The van der Waals surface area contributed by atoms with Gasteiger partial charge in [-0.1, -0.05) is 23.2 Å². The third-order valence-electron chi connectivity index (χ3n) is 4.78. The van der Waals surface area contributed by atoms with Gasteiger partial charge in [-0.3, -0.25) is 19.2 Å². The third-order valence-corrected chi connectivity index (χ3v) is 5.41. The van der Waals surface area contributed by atoms with Crippen LogP contribution in [0.4, 0.5) is 5.69 Å². The van der Waals surface area contributed by atoms with E-state index >= 15 is 0 Å². The van der Waals surface area contributed by atoms with Crippen LogP contribution in [0.25, 0.3) is 0 Å². The standard InChI is InChI=1S/C19H22Cl2N4O6/c1-9(23-17(29)10-5-12(20)16(22)13(21)6-10)19(31)25-4-2-3-14(25)18(30)24-11(8-26)7-15(27)28/h5-6,8-9,11,14H,2-4,7,22H2,1H3,(H,23,29)(H,24,30)(H,27,28)/t9-,11-,14?/m0/s1. The van der Waals surface area contributed by atoms with Crippen molar-refractivity contribution in [2.24, 2.45) is 0 Å². The SMILES string of the molecule is C[C@H](NC(=O)c1cc(Cl)c(N)c(Cl)c1)C(=O)N1CCCC1C(=O)N[C@H](C=O)CC(=O)O. The lowest BCUT2D eigenvalue weighted by Gasteiger charge is -2.27. The summed E-state index contributed by atoms with van der Waals surface area (Å²) >= 11 is 11.9. The Hall–Kier alpha value is -2.85. The van der Waals surface area contributed by atoms with Crippen LogP contribution in [0.2, 0.25) is 10.0 Å². The number of anilines is 1. The summed E-state index contributed by atoms with van der Waals surface area (Å²) in [6.07, 6.45) is 0.659. The number of hydrogen-bond acceptors (Lipinski definition) is 6. The van der Waals surface area contributed by atoms with Crippen LogP contribution in [0.5, 0.6) is 0 Å². The Morgan fingerprint density at radius 3 is 2.42 bits per heavy atom. The lowest BCUT2D eigenvalue weighted by molar-refractivity contribution is -0.141. The van der Waals surface area contributed by atoms with Gasteiger partial charge in [0, 0.05) is 12.1 Å². The van der Waals surface area contributed by atoms with Gasteiger partial charge in [0.1, 0.15) is 18.4 Å². The first kappa shape index (κ1) is 24.4. The minimum Gasteiger partial charge on any atom is -0.481 e. The highest BCUT2D eigenvalue weighted by molar-refractivity contribution is 6.39. The van der Waals surface area contributed by atoms with Crippen LogP contribution >= 0.6 is 23.2 Å². The summed E-state index contributed by atoms with van der Waals surface area (Å²) in [6, 6.07) is -0.396. The van der Waals surface area contributed by atoms with Gasteiger partial charge in [-0.2, -0.15) is 0 Å². The molecular weight excluding hydrogens is 451 g/mol. The number of benzene rings is 1. The maximum absolute atomic E-state index is 12.8. The minimum atomic E-state index is -1.24. The average molecular weight is 473 g/mol. The highest BCUT2D eigenvalue weighted by Gasteiger charge is 2.37. The molecule has 1 fully saturated rings. The van der Waals surface area contributed by atoms with Crippen LogP contribution in [-0.4, -0.2) is 64.7 Å². The number of hydrogen-bond donors (Lipinski definition) is 4. The van der Waals surface area contributed by atoms with E-state index in [0.717, 1.165) is 0 Å². The largest absolute Gasteiger partial charge is 0.481 e. The first-order valence-electron chi connectivity index (χ1n) is 9.38. The van der Waals surface area contributed by atoms with Crippen molar-refractivity contribution >= 4 is 58.9 Å². The molecule has 1 aliphatic rings. The van der Waals surface area contributed by atoms with Crippen LogP contribution in [0.3, 0.4) is 0 Å². The van der Waals surface area contributed by atoms with Gasteiger partial charge < -0.3 is 31.2 Å². The fraction of sp³-hybridized carbons (Fsp3) is 0.421. The van der Waals surface area contributed by atoms with Crippen molar-refractivity contribution in [3.63, 3.8) is 0 Å². The molecule has 5 N–H and O–H groups in total. The van der Waals surface area contributed by atoms with Gasteiger partial charge in [-0.05, 0) is 31.9 Å². The second-order valence-corrected chi connectivity index (χ2v) is 7.90. The van der Waals surface area contributed by atoms with Gasteiger partial charge >= 0.3 is 5.97 Å². The smallest absolute Gasteiger partial charge is 0.305 e. The number of aliphatic carboxylic acids is 1. The molecule has 1 aromatic rings. The molecular formula is C19H22Cl2N4O6. The topological polar surface area (TPSA) is 159 Å². The molecule has 0 spiro atoms. The molecule has 1 unspecified atom stereocenters. The van der Waals surface area contributed by atoms with Crippen LogP contribution in [0, 0.1) is 0 Å². The number of amides is 3. The number of nitrogens with two attached hydrogens (primary N) is 1. The van der Waals surface area contributed by atoms with E-state index in [0.29, 0.717) is 19.1 Å². The van der Waals surface area contributed by atoms with E-state index in [1.54, 1.807) is 0 Å². The molecule has 31 heavy (non-hydrogen) atoms. The number of likely N-dealkylation sites (tertiary alicyclic amines) is 1. The summed E-state index contributed by atoms with van der Waals surface area (Å²) in [5.74, 6) is -2.97. The van der Waals surface area contributed by atoms with E-state index < -0.39 is 48.2 Å². The molecule has 12 heteroatoms. The molecule has 1 saturated heterocycles. The molecule has 168 valence electrons. The normalized spacial score (nSPS) is 17.5. The van der Waals surface area contributed by atoms with Crippen LogP contribution in [0.1, 0.15) is 36.5 Å². The van der Waals surface area contributed by atoms with Crippen molar-refractivity contribution in [2.75, 3.05) is 12.3 Å². The maximum Gasteiger partial charge on any atom is 0.305 e. The zero-order chi connectivity index (χ0) is 23.3. The van der Waals surface area contributed by atoms with Gasteiger partial charge in [-0.15, -0.1) is 0 Å². The Kier molecular flexibility index (Phi) is 8.23. The summed E-state index contributed by atoms with van der Waals surface area (Å²) in [6.45, 7) is 1.74. The second-order valence-electron chi connectivity index (χ2n) is 7.09. The van der Waals surface area contributed by atoms with Crippen LogP contribution in [0.15, 0.2) is 12.1 Å². The summed E-state index contributed by atoms with van der Waals surface area (Å²) in [5.41, 5.74) is 5.89. The zero-order valence-electron chi connectivity index (χ0n) is 16.6. The van der Waals surface area contributed by atoms with Crippen molar-refractivity contribution < 1.29 is 29.1 Å². The Morgan fingerprint density at radius 1 is 1.26 bits per heavy atom. The fourth-order valence-electron chi connectivity index (χ4n) is 3.21. The molecule has 0 aromatic heterocycles. The lowest BCUT2D eigenvalue weighted by atomic mass is 10.1. The monoisotopic (exact) mass is 472 g/mol. The highest BCUT2D eigenvalue weighted by Crippen LogP contribution is 2.29. The molecule has 0 saturated carbocycles. The number of rotatable bonds is 8. The van der Waals surface area contributed by atoms with Crippen molar-refractivity contribution in [2.45, 2.75) is 44.3 Å². The van der Waals surface area contributed by atoms with Crippen molar-refractivity contribution in [3.05, 3.63) is 27.7 Å². The summed E-state index contributed by atoms with van der Waals surface area (Å²) in [5, 5.41) is 13.9.